The summed E-state index contributed by atoms with van der Waals surface area (Å²) in [6.07, 6.45) is 1.01. The third-order valence-corrected chi connectivity index (χ3v) is 3.40. The molecule has 0 aliphatic rings. The lowest BCUT2D eigenvalue weighted by atomic mass is 10.0. The van der Waals surface area contributed by atoms with Gasteiger partial charge in [0.1, 0.15) is 0 Å². The zero-order valence-electron chi connectivity index (χ0n) is 11.7. The van der Waals surface area contributed by atoms with Gasteiger partial charge in [-0.15, -0.1) is 11.6 Å². The van der Waals surface area contributed by atoms with Crippen molar-refractivity contribution < 1.29 is 4.74 Å². The second-order valence-corrected chi connectivity index (χ2v) is 5.54. The van der Waals surface area contributed by atoms with Crippen LogP contribution >= 0.6 is 11.6 Å². The molecule has 102 valence electrons. The van der Waals surface area contributed by atoms with Gasteiger partial charge in [0.05, 0.1) is 5.60 Å². The largest absolute Gasteiger partial charge is 0.379 e. The first-order valence-corrected chi connectivity index (χ1v) is 6.98. The van der Waals surface area contributed by atoms with Crippen LogP contribution in [0.5, 0.6) is 0 Å². The first kappa shape index (κ1) is 15.5. The normalized spacial score (nSPS) is 12.1. The van der Waals surface area contributed by atoms with Crippen molar-refractivity contribution in [1.29, 1.82) is 0 Å². The van der Waals surface area contributed by atoms with E-state index in [4.69, 9.17) is 16.3 Å². The lowest BCUT2D eigenvalue weighted by Crippen LogP contribution is -2.33. The van der Waals surface area contributed by atoms with Gasteiger partial charge in [0.2, 0.25) is 0 Å². The van der Waals surface area contributed by atoms with E-state index in [1.807, 2.05) is 6.07 Å². The quantitative estimate of drug-likeness (QED) is 0.670. The maximum absolute atomic E-state index is 5.87. The third-order valence-electron chi connectivity index (χ3n) is 3.23. The van der Waals surface area contributed by atoms with Crippen molar-refractivity contribution in [2.24, 2.45) is 0 Å². The Morgan fingerprint density at radius 2 is 1.83 bits per heavy atom. The summed E-state index contributed by atoms with van der Waals surface area (Å²) in [4.78, 5) is 2.38. The predicted octanol–water partition coefficient (Wildman–Crippen LogP) is 3.54. The number of hydrogen-bond donors (Lipinski definition) is 0. The van der Waals surface area contributed by atoms with E-state index >= 15 is 0 Å². The van der Waals surface area contributed by atoms with Gasteiger partial charge in [0.25, 0.3) is 0 Å². The lowest BCUT2D eigenvalue weighted by molar-refractivity contribution is 0.00724. The fourth-order valence-corrected chi connectivity index (χ4v) is 2.00. The molecular weight excluding hydrogens is 246 g/mol. The number of nitrogens with zero attached hydrogens (tertiary/aromatic N) is 1. The number of benzene rings is 1. The van der Waals surface area contributed by atoms with E-state index in [0.717, 1.165) is 26.1 Å². The molecule has 0 aromatic heterocycles. The summed E-state index contributed by atoms with van der Waals surface area (Å²) in [7, 11) is 1.77. The lowest BCUT2D eigenvalue weighted by Gasteiger charge is -2.28. The maximum Gasteiger partial charge on any atom is 0.0634 e. The molecule has 0 bridgehead atoms. The highest BCUT2D eigenvalue weighted by atomic mass is 35.5. The highest BCUT2D eigenvalue weighted by Gasteiger charge is 2.17. The molecule has 0 aliphatic heterocycles. The molecule has 0 heterocycles. The van der Waals surface area contributed by atoms with E-state index in [9.17, 15) is 0 Å². The average Bonchev–Trinajstić information content (AvgIpc) is 2.38. The van der Waals surface area contributed by atoms with Crippen LogP contribution in [0.1, 0.15) is 25.8 Å². The summed E-state index contributed by atoms with van der Waals surface area (Å²) in [6.45, 7) is 7.11. The molecule has 0 spiro atoms. The number of ether oxygens (including phenoxy) is 1. The topological polar surface area (TPSA) is 12.5 Å². The minimum Gasteiger partial charge on any atom is -0.379 e. The fourth-order valence-electron chi connectivity index (χ4n) is 1.76. The van der Waals surface area contributed by atoms with Crippen LogP contribution in [0.15, 0.2) is 30.3 Å². The molecule has 0 saturated carbocycles. The van der Waals surface area contributed by atoms with Crippen molar-refractivity contribution in [2.75, 3.05) is 26.1 Å². The molecule has 3 heteroatoms. The molecule has 2 nitrogen and oxygen atoms in total. The van der Waals surface area contributed by atoms with Gasteiger partial charge in [0, 0.05) is 32.6 Å². The number of hydrogen-bond acceptors (Lipinski definition) is 2. The van der Waals surface area contributed by atoms with Gasteiger partial charge < -0.3 is 4.74 Å². The SMILES string of the molecule is COC(C)(C)CCN(CCCl)Cc1ccccc1. The Balaban J connectivity index is 2.50. The minimum atomic E-state index is -0.0682. The van der Waals surface area contributed by atoms with Crippen molar-refractivity contribution in [3.63, 3.8) is 0 Å². The number of alkyl halides is 1. The monoisotopic (exact) mass is 269 g/mol. The van der Waals surface area contributed by atoms with Crippen LogP contribution in [0.4, 0.5) is 0 Å². The van der Waals surface area contributed by atoms with E-state index in [2.05, 4.69) is 43.0 Å². The van der Waals surface area contributed by atoms with Crippen LogP contribution < -0.4 is 0 Å². The molecular formula is C15H24ClNO. The molecule has 0 saturated heterocycles. The summed E-state index contributed by atoms with van der Waals surface area (Å²) in [5, 5.41) is 0. The molecule has 0 unspecified atom stereocenters. The molecule has 0 fully saturated rings. The zero-order chi connectivity index (χ0) is 13.4. The minimum absolute atomic E-state index is 0.0682. The Morgan fingerprint density at radius 1 is 1.17 bits per heavy atom. The van der Waals surface area contributed by atoms with Gasteiger partial charge in [-0.25, -0.2) is 0 Å². The van der Waals surface area contributed by atoms with Crippen molar-refractivity contribution in [3.8, 4) is 0 Å². The van der Waals surface area contributed by atoms with Gasteiger partial charge in [-0.05, 0) is 25.8 Å². The second kappa shape index (κ2) is 7.78. The van der Waals surface area contributed by atoms with Gasteiger partial charge >= 0.3 is 0 Å². The van der Waals surface area contributed by atoms with E-state index < -0.39 is 0 Å². The van der Waals surface area contributed by atoms with E-state index in [-0.39, 0.29) is 5.60 Å². The fraction of sp³-hybridized carbons (Fsp3) is 0.600. The van der Waals surface area contributed by atoms with Crippen molar-refractivity contribution >= 4 is 11.6 Å². The second-order valence-electron chi connectivity index (χ2n) is 5.16. The van der Waals surface area contributed by atoms with Crippen LogP contribution in [-0.2, 0) is 11.3 Å². The first-order valence-electron chi connectivity index (χ1n) is 6.45. The molecule has 1 rings (SSSR count). The molecule has 0 amide bonds. The van der Waals surface area contributed by atoms with Gasteiger partial charge in [-0.3, -0.25) is 4.90 Å². The van der Waals surface area contributed by atoms with E-state index in [1.54, 1.807) is 7.11 Å². The summed E-state index contributed by atoms with van der Waals surface area (Å²) in [5.41, 5.74) is 1.26. The van der Waals surface area contributed by atoms with Crippen molar-refractivity contribution in [1.82, 2.24) is 4.90 Å². The summed E-state index contributed by atoms with van der Waals surface area (Å²) < 4.78 is 5.46. The van der Waals surface area contributed by atoms with E-state index in [0.29, 0.717) is 5.88 Å². The first-order chi connectivity index (χ1) is 8.57. The van der Waals surface area contributed by atoms with Gasteiger partial charge in [-0.2, -0.15) is 0 Å². The van der Waals surface area contributed by atoms with Crippen LogP contribution in [0.25, 0.3) is 0 Å². The Bertz CT molecular complexity index is 327. The van der Waals surface area contributed by atoms with Crippen molar-refractivity contribution in [3.05, 3.63) is 35.9 Å². The van der Waals surface area contributed by atoms with Crippen LogP contribution in [0, 0.1) is 0 Å². The molecule has 1 aromatic carbocycles. The Morgan fingerprint density at radius 3 is 2.39 bits per heavy atom. The highest BCUT2D eigenvalue weighted by molar-refractivity contribution is 6.18. The van der Waals surface area contributed by atoms with Crippen LogP contribution in [-0.4, -0.2) is 36.6 Å². The predicted molar refractivity (Wildman–Crippen MR) is 78.1 cm³/mol. The zero-order valence-corrected chi connectivity index (χ0v) is 12.4. The Kier molecular flexibility index (Phi) is 6.69. The third kappa shape index (κ3) is 5.85. The number of methoxy groups -OCH3 is 1. The van der Waals surface area contributed by atoms with Gasteiger partial charge in [0.15, 0.2) is 0 Å². The number of halogens is 1. The maximum atomic E-state index is 5.87. The smallest absolute Gasteiger partial charge is 0.0634 e. The van der Waals surface area contributed by atoms with Crippen LogP contribution in [0.3, 0.4) is 0 Å². The molecule has 0 N–H and O–H groups in total. The molecule has 18 heavy (non-hydrogen) atoms. The molecule has 0 aliphatic carbocycles. The summed E-state index contributed by atoms with van der Waals surface area (Å²) in [5.74, 6) is 0.667. The molecule has 1 aromatic rings. The summed E-state index contributed by atoms with van der Waals surface area (Å²) >= 11 is 5.87. The molecule has 0 radical (unpaired) electrons. The molecule has 0 atom stereocenters. The highest BCUT2D eigenvalue weighted by Crippen LogP contribution is 2.15. The standard InChI is InChI=1S/C15H24ClNO/c1-15(2,18-3)9-11-17(12-10-16)13-14-7-5-4-6-8-14/h4-8H,9-13H2,1-3H3. The summed E-state index contributed by atoms with van der Waals surface area (Å²) in [6, 6.07) is 10.5. The average molecular weight is 270 g/mol. The number of rotatable bonds is 8. The van der Waals surface area contributed by atoms with Crippen LogP contribution in [0.2, 0.25) is 0 Å². The van der Waals surface area contributed by atoms with E-state index in [1.165, 1.54) is 5.56 Å². The van der Waals surface area contributed by atoms with Gasteiger partial charge in [-0.1, -0.05) is 30.3 Å². The van der Waals surface area contributed by atoms with Crippen molar-refractivity contribution in [2.45, 2.75) is 32.4 Å². The Hall–Kier alpha value is -0.570. The Labute approximate surface area is 116 Å².